The van der Waals surface area contributed by atoms with E-state index in [4.69, 9.17) is 0 Å². The largest absolute Gasteiger partial charge is 0.357 e. The third-order valence-corrected chi connectivity index (χ3v) is 1.67. The molecule has 0 aromatic carbocycles. The van der Waals surface area contributed by atoms with Crippen molar-refractivity contribution >= 4 is 28.3 Å². The fourth-order valence-electron chi connectivity index (χ4n) is 0.709. The van der Waals surface area contributed by atoms with E-state index in [2.05, 4.69) is 36.5 Å². The van der Waals surface area contributed by atoms with E-state index in [0.717, 1.165) is 4.47 Å². The van der Waals surface area contributed by atoms with Crippen LogP contribution in [0.1, 0.15) is 0 Å². The molecule has 6 heteroatoms. The number of halogens is 1. The molecule has 0 aliphatic carbocycles. The predicted molar refractivity (Wildman–Crippen MR) is 52.3 cm³/mol. The van der Waals surface area contributed by atoms with Crippen LogP contribution >= 0.6 is 15.9 Å². The standard InChI is InChI=1S/C7H9BrN4O/c8-6-3-11-7(12-4-6)10-2-1-9-5-13/h3-5H,1-2H2,(H,9,13)(H,10,11,12). The summed E-state index contributed by atoms with van der Waals surface area (Å²) in [4.78, 5) is 17.9. The molecule has 0 bridgehead atoms. The first-order valence-electron chi connectivity index (χ1n) is 3.71. The van der Waals surface area contributed by atoms with Crippen LogP contribution in [0, 0.1) is 0 Å². The summed E-state index contributed by atoms with van der Waals surface area (Å²) in [7, 11) is 0. The van der Waals surface area contributed by atoms with E-state index in [9.17, 15) is 4.79 Å². The second-order valence-electron chi connectivity index (χ2n) is 2.22. The van der Waals surface area contributed by atoms with Gasteiger partial charge in [-0.05, 0) is 15.9 Å². The number of aromatic nitrogens is 2. The number of carbonyl (C=O) groups excluding carboxylic acids is 1. The Kier molecular flexibility index (Phi) is 4.17. The molecule has 1 aromatic heterocycles. The molecule has 0 saturated heterocycles. The Labute approximate surface area is 84.1 Å². The van der Waals surface area contributed by atoms with E-state index in [1.165, 1.54) is 0 Å². The highest BCUT2D eigenvalue weighted by Crippen LogP contribution is 2.05. The summed E-state index contributed by atoms with van der Waals surface area (Å²) < 4.78 is 0.837. The first-order chi connectivity index (χ1) is 6.33. The lowest BCUT2D eigenvalue weighted by Gasteiger charge is -2.02. The highest BCUT2D eigenvalue weighted by molar-refractivity contribution is 9.10. The van der Waals surface area contributed by atoms with Gasteiger partial charge in [0.05, 0.1) is 4.47 Å². The summed E-state index contributed by atoms with van der Waals surface area (Å²) in [6.07, 6.45) is 3.97. The summed E-state index contributed by atoms with van der Waals surface area (Å²) in [5.41, 5.74) is 0. The lowest BCUT2D eigenvalue weighted by atomic mass is 10.6. The van der Waals surface area contributed by atoms with Crippen molar-refractivity contribution < 1.29 is 4.79 Å². The number of hydrogen-bond donors (Lipinski definition) is 2. The maximum Gasteiger partial charge on any atom is 0.222 e. The molecule has 0 unspecified atom stereocenters. The first-order valence-corrected chi connectivity index (χ1v) is 4.50. The Bertz CT molecular complexity index is 264. The summed E-state index contributed by atoms with van der Waals surface area (Å²) >= 11 is 3.23. The minimum Gasteiger partial charge on any atom is -0.357 e. The minimum atomic E-state index is 0.552. The topological polar surface area (TPSA) is 66.9 Å². The third kappa shape index (κ3) is 3.84. The number of anilines is 1. The summed E-state index contributed by atoms with van der Waals surface area (Å²) in [5.74, 6) is 0.552. The maximum atomic E-state index is 9.88. The second-order valence-corrected chi connectivity index (χ2v) is 3.14. The molecular weight excluding hydrogens is 236 g/mol. The summed E-state index contributed by atoms with van der Waals surface area (Å²) in [6.45, 7) is 1.17. The number of rotatable bonds is 5. The number of carbonyl (C=O) groups is 1. The van der Waals surface area contributed by atoms with Crippen molar-refractivity contribution in [2.45, 2.75) is 0 Å². The van der Waals surface area contributed by atoms with E-state index >= 15 is 0 Å². The molecule has 0 spiro atoms. The van der Waals surface area contributed by atoms with Crippen LogP contribution in [0.15, 0.2) is 16.9 Å². The molecule has 1 rings (SSSR count). The SMILES string of the molecule is O=CNCCNc1ncc(Br)cn1. The van der Waals surface area contributed by atoms with Gasteiger partial charge in [0, 0.05) is 25.5 Å². The van der Waals surface area contributed by atoms with Crippen LogP contribution in [-0.2, 0) is 4.79 Å². The van der Waals surface area contributed by atoms with Gasteiger partial charge in [-0.1, -0.05) is 0 Å². The molecule has 0 fully saturated rings. The number of hydrogen-bond acceptors (Lipinski definition) is 4. The average molecular weight is 245 g/mol. The molecular formula is C7H9BrN4O. The van der Waals surface area contributed by atoms with Gasteiger partial charge >= 0.3 is 0 Å². The maximum absolute atomic E-state index is 9.88. The van der Waals surface area contributed by atoms with E-state index in [-0.39, 0.29) is 0 Å². The second kappa shape index (κ2) is 5.47. The Morgan fingerprint density at radius 2 is 2.08 bits per heavy atom. The molecule has 0 atom stereocenters. The van der Waals surface area contributed by atoms with Crippen molar-refractivity contribution in [1.82, 2.24) is 15.3 Å². The molecule has 0 saturated carbocycles. The molecule has 5 nitrogen and oxygen atoms in total. The number of nitrogens with one attached hydrogen (secondary N) is 2. The van der Waals surface area contributed by atoms with Crippen LogP contribution in [0.3, 0.4) is 0 Å². The van der Waals surface area contributed by atoms with Crippen molar-refractivity contribution in [2.24, 2.45) is 0 Å². The molecule has 0 aliphatic rings. The fourth-order valence-corrected chi connectivity index (χ4v) is 0.914. The molecule has 70 valence electrons. The number of nitrogens with zero attached hydrogens (tertiary/aromatic N) is 2. The highest BCUT2D eigenvalue weighted by Gasteiger charge is 1.93. The van der Waals surface area contributed by atoms with Crippen LogP contribution in [-0.4, -0.2) is 29.5 Å². The molecule has 1 amide bonds. The highest BCUT2D eigenvalue weighted by atomic mass is 79.9. The van der Waals surface area contributed by atoms with Crippen molar-refractivity contribution in [3.63, 3.8) is 0 Å². The normalized spacial score (nSPS) is 9.31. The average Bonchev–Trinajstić information content (AvgIpc) is 2.15. The van der Waals surface area contributed by atoms with Crippen molar-refractivity contribution in [3.8, 4) is 0 Å². The molecule has 2 N–H and O–H groups in total. The first kappa shape index (κ1) is 9.91. The van der Waals surface area contributed by atoms with Crippen LogP contribution in [0.5, 0.6) is 0 Å². The zero-order chi connectivity index (χ0) is 9.52. The molecule has 0 radical (unpaired) electrons. The van der Waals surface area contributed by atoms with E-state index in [1.54, 1.807) is 12.4 Å². The van der Waals surface area contributed by atoms with Gasteiger partial charge in [-0.25, -0.2) is 9.97 Å². The van der Waals surface area contributed by atoms with Crippen molar-refractivity contribution in [1.29, 1.82) is 0 Å². The van der Waals surface area contributed by atoms with E-state index in [0.29, 0.717) is 25.4 Å². The monoisotopic (exact) mass is 244 g/mol. The van der Waals surface area contributed by atoms with Gasteiger partial charge in [-0.3, -0.25) is 4.79 Å². The predicted octanol–water partition coefficient (Wildman–Crippen LogP) is 0.397. The lowest BCUT2D eigenvalue weighted by molar-refractivity contribution is -0.109. The smallest absolute Gasteiger partial charge is 0.222 e. The van der Waals surface area contributed by atoms with Crippen molar-refractivity contribution in [3.05, 3.63) is 16.9 Å². The van der Waals surface area contributed by atoms with Crippen LogP contribution in [0.25, 0.3) is 0 Å². The van der Waals surface area contributed by atoms with Gasteiger partial charge in [0.2, 0.25) is 12.4 Å². The Morgan fingerprint density at radius 3 is 2.69 bits per heavy atom. The summed E-state index contributed by atoms with van der Waals surface area (Å²) in [5, 5.41) is 5.46. The zero-order valence-corrected chi connectivity index (χ0v) is 8.41. The fraction of sp³-hybridized carbons (Fsp3) is 0.286. The van der Waals surface area contributed by atoms with E-state index in [1.807, 2.05) is 0 Å². The van der Waals surface area contributed by atoms with Gasteiger partial charge in [0.1, 0.15) is 0 Å². The molecule has 1 aromatic rings. The van der Waals surface area contributed by atoms with Gasteiger partial charge in [0.15, 0.2) is 0 Å². The lowest BCUT2D eigenvalue weighted by Crippen LogP contribution is -2.21. The third-order valence-electron chi connectivity index (χ3n) is 1.26. The van der Waals surface area contributed by atoms with Gasteiger partial charge < -0.3 is 10.6 Å². The molecule has 0 aliphatic heterocycles. The van der Waals surface area contributed by atoms with Gasteiger partial charge in [-0.15, -0.1) is 0 Å². The van der Waals surface area contributed by atoms with E-state index < -0.39 is 0 Å². The van der Waals surface area contributed by atoms with Crippen LogP contribution in [0.2, 0.25) is 0 Å². The van der Waals surface area contributed by atoms with Crippen LogP contribution < -0.4 is 10.6 Å². The van der Waals surface area contributed by atoms with Gasteiger partial charge in [-0.2, -0.15) is 0 Å². The Morgan fingerprint density at radius 1 is 1.38 bits per heavy atom. The minimum absolute atomic E-state index is 0.552. The molecule has 13 heavy (non-hydrogen) atoms. The summed E-state index contributed by atoms with van der Waals surface area (Å²) in [6, 6.07) is 0. The number of amides is 1. The Balaban J connectivity index is 2.28. The quantitative estimate of drug-likeness (QED) is 0.582. The molecule has 1 heterocycles. The zero-order valence-electron chi connectivity index (χ0n) is 6.83. The van der Waals surface area contributed by atoms with Gasteiger partial charge in [0.25, 0.3) is 0 Å². The van der Waals surface area contributed by atoms with Crippen molar-refractivity contribution in [2.75, 3.05) is 18.4 Å². The Hall–Kier alpha value is -1.17. The van der Waals surface area contributed by atoms with Crippen LogP contribution in [0.4, 0.5) is 5.95 Å².